The number of halogens is 3. The van der Waals surface area contributed by atoms with Crippen molar-refractivity contribution in [2.45, 2.75) is 12.0 Å². The predicted molar refractivity (Wildman–Crippen MR) is 87.7 cm³/mol. The van der Waals surface area contributed by atoms with Gasteiger partial charge in [-0.15, -0.1) is 12.4 Å². The van der Waals surface area contributed by atoms with Crippen LogP contribution in [-0.4, -0.2) is 68.0 Å². The maximum absolute atomic E-state index is 14.4. The lowest BCUT2D eigenvalue weighted by Gasteiger charge is -2.39. The average molecular weight is 369 g/mol. The molecule has 0 bridgehead atoms. The number of phenols is 1. The Balaban J connectivity index is 0.00000288. The van der Waals surface area contributed by atoms with Crippen molar-refractivity contribution in [3.8, 4) is 17.2 Å². The molecule has 3 N–H and O–H groups in total. The number of hydrogen-bond acceptors (Lipinski definition) is 6. The summed E-state index contributed by atoms with van der Waals surface area (Å²) < 4.78 is 38.9. The molecule has 6 nitrogen and oxygen atoms in total. The third-order valence-electron chi connectivity index (χ3n) is 3.95. The van der Waals surface area contributed by atoms with E-state index >= 15 is 0 Å². The minimum absolute atomic E-state index is 0. The largest absolute Gasteiger partial charge is 0.502 e. The number of benzene rings is 1. The van der Waals surface area contributed by atoms with E-state index in [9.17, 15) is 13.9 Å². The van der Waals surface area contributed by atoms with Crippen molar-refractivity contribution in [3.05, 3.63) is 17.7 Å². The molecule has 0 amide bonds. The standard InChI is InChI=1S/C15H22F2N2O4.ClH/c1-22-11-7-10(8-12(23-2)13(11)21)14(15(16,17)9-20)19-5-3-18-4-6-19;/h7-8,14,18,20-21H,3-6,9H2,1-2H3;1H/t14-;/m0./s1. The molecule has 138 valence electrons. The van der Waals surface area contributed by atoms with Crippen LogP contribution in [0.1, 0.15) is 11.6 Å². The summed E-state index contributed by atoms with van der Waals surface area (Å²) in [4.78, 5) is 1.61. The van der Waals surface area contributed by atoms with Gasteiger partial charge >= 0.3 is 0 Å². The molecular weight excluding hydrogens is 346 g/mol. The Morgan fingerprint density at radius 2 is 1.71 bits per heavy atom. The van der Waals surface area contributed by atoms with E-state index in [0.29, 0.717) is 26.2 Å². The van der Waals surface area contributed by atoms with Gasteiger partial charge in [-0.05, 0) is 17.7 Å². The number of aliphatic hydroxyl groups is 1. The Hall–Kier alpha value is -1.35. The summed E-state index contributed by atoms with van der Waals surface area (Å²) in [5, 5.41) is 22.2. The lowest BCUT2D eigenvalue weighted by Crippen LogP contribution is -2.51. The zero-order chi connectivity index (χ0) is 17.0. The van der Waals surface area contributed by atoms with Gasteiger partial charge in [0, 0.05) is 26.2 Å². The third-order valence-corrected chi connectivity index (χ3v) is 3.95. The van der Waals surface area contributed by atoms with Gasteiger partial charge in [-0.3, -0.25) is 4.90 Å². The highest BCUT2D eigenvalue weighted by molar-refractivity contribution is 5.85. The summed E-state index contributed by atoms with van der Waals surface area (Å²) >= 11 is 0. The van der Waals surface area contributed by atoms with Crippen LogP contribution in [0, 0.1) is 0 Å². The first-order valence-corrected chi connectivity index (χ1v) is 7.33. The molecule has 0 saturated carbocycles. The van der Waals surface area contributed by atoms with Crippen molar-refractivity contribution in [3.63, 3.8) is 0 Å². The van der Waals surface area contributed by atoms with E-state index < -0.39 is 18.6 Å². The highest BCUT2D eigenvalue weighted by Gasteiger charge is 2.44. The monoisotopic (exact) mass is 368 g/mol. The van der Waals surface area contributed by atoms with E-state index in [1.165, 1.54) is 26.4 Å². The third kappa shape index (κ3) is 4.18. The predicted octanol–water partition coefficient (Wildman–Crippen LogP) is 1.41. The Morgan fingerprint density at radius 3 is 2.12 bits per heavy atom. The van der Waals surface area contributed by atoms with E-state index in [1.54, 1.807) is 4.90 Å². The van der Waals surface area contributed by atoms with Crippen LogP contribution < -0.4 is 14.8 Å². The molecule has 1 aliphatic rings. The minimum atomic E-state index is -3.34. The highest BCUT2D eigenvalue weighted by Crippen LogP contribution is 2.44. The molecule has 1 aliphatic heterocycles. The molecule has 0 radical (unpaired) electrons. The smallest absolute Gasteiger partial charge is 0.289 e. The first-order chi connectivity index (χ1) is 10.9. The summed E-state index contributed by atoms with van der Waals surface area (Å²) in [5.74, 6) is -3.49. The number of methoxy groups -OCH3 is 2. The Kier molecular flexibility index (Phi) is 7.47. The molecule has 0 aliphatic carbocycles. The summed E-state index contributed by atoms with van der Waals surface area (Å²) in [6.45, 7) is 0.749. The maximum atomic E-state index is 14.4. The van der Waals surface area contributed by atoms with Crippen LogP contribution in [0.2, 0.25) is 0 Å². The van der Waals surface area contributed by atoms with E-state index in [2.05, 4.69) is 5.32 Å². The van der Waals surface area contributed by atoms with Gasteiger partial charge in [0.15, 0.2) is 11.5 Å². The molecule has 24 heavy (non-hydrogen) atoms. The zero-order valence-corrected chi connectivity index (χ0v) is 14.4. The quantitative estimate of drug-likeness (QED) is 0.705. The van der Waals surface area contributed by atoms with Crippen LogP contribution in [-0.2, 0) is 0 Å². The Bertz CT molecular complexity index is 517. The van der Waals surface area contributed by atoms with E-state index in [4.69, 9.17) is 14.6 Å². The van der Waals surface area contributed by atoms with E-state index in [-0.39, 0.29) is 35.2 Å². The van der Waals surface area contributed by atoms with Crippen molar-refractivity contribution in [2.75, 3.05) is 47.0 Å². The van der Waals surface area contributed by atoms with Crippen molar-refractivity contribution in [1.82, 2.24) is 10.2 Å². The fourth-order valence-electron chi connectivity index (χ4n) is 2.82. The average Bonchev–Trinajstić information content (AvgIpc) is 2.57. The first kappa shape index (κ1) is 20.7. The number of phenolic OH excluding ortho intramolecular Hbond substituents is 1. The van der Waals surface area contributed by atoms with E-state index in [0.717, 1.165) is 0 Å². The molecule has 1 saturated heterocycles. The molecule has 0 aromatic heterocycles. The summed E-state index contributed by atoms with van der Waals surface area (Å²) in [5.41, 5.74) is 0.220. The van der Waals surface area contributed by atoms with Crippen molar-refractivity contribution in [1.29, 1.82) is 0 Å². The topological polar surface area (TPSA) is 74.2 Å². The summed E-state index contributed by atoms with van der Waals surface area (Å²) in [6, 6.07) is 1.38. The van der Waals surface area contributed by atoms with Gasteiger partial charge in [0.25, 0.3) is 5.92 Å². The molecule has 9 heteroatoms. The highest BCUT2D eigenvalue weighted by atomic mass is 35.5. The zero-order valence-electron chi connectivity index (χ0n) is 13.6. The lowest BCUT2D eigenvalue weighted by molar-refractivity contribution is -0.118. The van der Waals surface area contributed by atoms with Crippen molar-refractivity contribution < 1.29 is 28.5 Å². The van der Waals surface area contributed by atoms with Crippen LogP contribution in [0.3, 0.4) is 0 Å². The van der Waals surface area contributed by atoms with Crippen LogP contribution in [0.25, 0.3) is 0 Å². The van der Waals surface area contributed by atoms with Gasteiger partial charge in [0.2, 0.25) is 5.75 Å². The molecule has 1 aromatic rings. The number of piperazine rings is 1. The number of nitrogens with zero attached hydrogens (tertiary/aromatic N) is 1. The second kappa shape index (κ2) is 8.66. The minimum Gasteiger partial charge on any atom is -0.502 e. The molecule has 1 atom stereocenters. The number of nitrogens with one attached hydrogen (secondary N) is 1. The summed E-state index contributed by atoms with van der Waals surface area (Å²) in [7, 11) is 2.67. The number of alkyl halides is 2. The van der Waals surface area contributed by atoms with E-state index in [1.807, 2.05) is 0 Å². The van der Waals surface area contributed by atoms with Gasteiger partial charge in [-0.25, -0.2) is 8.78 Å². The van der Waals surface area contributed by atoms with Crippen LogP contribution in [0.4, 0.5) is 8.78 Å². The molecule has 2 rings (SSSR count). The van der Waals surface area contributed by atoms with Gasteiger partial charge in [0.1, 0.15) is 12.6 Å². The van der Waals surface area contributed by atoms with Crippen molar-refractivity contribution in [2.24, 2.45) is 0 Å². The molecule has 0 unspecified atom stereocenters. The normalized spacial score (nSPS) is 17.0. The number of hydrogen-bond donors (Lipinski definition) is 3. The second-order valence-corrected chi connectivity index (χ2v) is 5.38. The van der Waals surface area contributed by atoms with Crippen LogP contribution in [0.5, 0.6) is 17.2 Å². The van der Waals surface area contributed by atoms with Gasteiger partial charge < -0.3 is 25.0 Å². The summed E-state index contributed by atoms with van der Waals surface area (Å²) in [6.07, 6.45) is 0. The molecule has 0 spiro atoms. The lowest BCUT2D eigenvalue weighted by atomic mass is 9.97. The molecular formula is C15H23ClF2N2O4. The van der Waals surface area contributed by atoms with Gasteiger partial charge in [0.05, 0.1) is 14.2 Å². The van der Waals surface area contributed by atoms with Crippen molar-refractivity contribution >= 4 is 12.4 Å². The number of aromatic hydroxyl groups is 1. The van der Waals surface area contributed by atoms with Gasteiger partial charge in [-0.1, -0.05) is 0 Å². The number of ether oxygens (including phenoxy) is 2. The Labute approximate surface area is 145 Å². The molecule has 1 fully saturated rings. The Morgan fingerprint density at radius 1 is 1.21 bits per heavy atom. The first-order valence-electron chi connectivity index (χ1n) is 7.33. The number of aliphatic hydroxyl groups excluding tert-OH is 1. The fourth-order valence-corrected chi connectivity index (χ4v) is 2.82. The molecule has 1 heterocycles. The van der Waals surface area contributed by atoms with Crippen LogP contribution >= 0.6 is 12.4 Å². The molecule has 1 aromatic carbocycles. The number of rotatable bonds is 6. The van der Waals surface area contributed by atoms with Crippen LogP contribution in [0.15, 0.2) is 12.1 Å². The SMILES string of the molecule is COc1cc([C@H](N2CCNCC2)C(F)(F)CO)cc(OC)c1O.Cl. The second-order valence-electron chi connectivity index (χ2n) is 5.38. The maximum Gasteiger partial charge on any atom is 0.289 e. The fraction of sp³-hybridized carbons (Fsp3) is 0.600. The van der Waals surface area contributed by atoms with Gasteiger partial charge in [-0.2, -0.15) is 0 Å².